The lowest BCUT2D eigenvalue weighted by Gasteiger charge is -2.41. The van der Waals surface area contributed by atoms with E-state index in [-0.39, 0.29) is 11.9 Å². The number of carbonyl (C=O) groups is 2. The van der Waals surface area contributed by atoms with Gasteiger partial charge in [0.2, 0.25) is 0 Å². The Morgan fingerprint density at radius 2 is 1.91 bits per heavy atom. The summed E-state index contributed by atoms with van der Waals surface area (Å²) in [7, 11) is 3.22. The van der Waals surface area contributed by atoms with E-state index in [2.05, 4.69) is 9.88 Å². The number of piperidine rings is 1. The number of amides is 3. The molecule has 1 aromatic heterocycles. The number of hydrogen-bond donors (Lipinski definition) is 0. The van der Waals surface area contributed by atoms with E-state index in [4.69, 9.17) is 5.26 Å². The maximum absolute atomic E-state index is 12.4. The number of anilines is 1. The monoisotopic (exact) mass is 299 g/mol. The van der Waals surface area contributed by atoms with Crippen LogP contribution in [0.4, 0.5) is 10.6 Å². The fourth-order valence-electron chi connectivity index (χ4n) is 3.27. The van der Waals surface area contributed by atoms with Gasteiger partial charge in [0, 0.05) is 27.2 Å². The Kier molecular flexibility index (Phi) is 3.24. The van der Waals surface area contributed by atoms with E-state index in [9.17, 15) is 9.59 Å². The zero-order valence-electron chi connectivity index (χ0n) is 12.6. The first-order valence-corrected chi connectivity index (χ1v) is 7.18. The largest absolute Gasteiger partial charge is 0.356 e. The predicted octanol–water partition coefficient (Wildman–Crippen LogP) is 0.816. The molecule has 0 saturated carbocycles. The van der Waals surface area contributed by atoms with Crippen LogP contribution in [0.1, 0.15) is 18.5 Å². The fourth-order valence-corrected chi connectivity index (χ4v) is 3.27. The molecule has 2 fully saturated rings. The smallest absolute Gasteiger partial charge is 0.327 e. The Hall–Kier alpha value is -2.62. The number of carbonyl (C=O) groups excluding carboxylic acids is 2. The fraction of sp³-hybridized carbons (Fsp3) is 0.467. The van der Waals surface area contributed by atoms with Gasteiger partial charge in [-0.2, -0.15) is 5.26 Å². The summed E-state index contributed by atoms with van der Waals surface area (Å²) >= 11 is 0. The summed E-state index contributed by atoms with van der Waals surface area (Å²) in [5.41, 5.74) is -0.350. The molecule has 0 aliphatic carbocycles. The predicted molar refractivity (Wildman–Crippen MR) is 79.1 cm³/mol. The van der Waals surface area contributed by atoms with Gasteiger partial charge in [0.25, 0.3) is 5.91 Å². The van der Waals surface area contributed by atoms with Crippen LogP contribution in [-0.2, 0) is 4.79 Å². The van der Waals surface area contributed by atoms with Gasteiger partial charge in [-0.05, 0) is 25.0 Å². The minimum absolute atomic E-state index is 0.126. The van der Waals surface area contributed by atoms with Crippen molar-refractivity contribution in [2.24, 2.45) is 0 Å². The summed E-state index contributed by atoms with van der Waals surface area (Å²) in [5, 5.41) is 8.93. The number of aromatic nitrogens is 1. The number of rotatable bonds is 1. The molecule has 0 atom stereocenters. The van der Waals surface area contributed by atoms with Crippen molar-refractivity contribution in [3.63, 3.8) is 0 Å². The SMILES string of the molecule is CN1C(=O)N(C)C2(CCN(c3cccc(C#N)n3)CC2)C1=O. The maximum Gasteiger partial charge on any atom is 0.327 e. The second-order valence-corrected chi connectivity index (χ2v) is 5.72. The number of likely N-dealkylation sites (N-methyl/N-ethyl adjacent to an activating group) is 2. The number of pyridine rings is 1. The molecule has 1 spiro atoms. The van der Waals surface area contributed by atoms with Crippen LogP contribution < -0.4 is 4.90 Å². The van der Waals surface area contributed by atoms with E-state index in [0.29, 0.717) is 31.6 Å². The molecule has 2 saturated heterocycles. The van der Waals surface area contributed by atoms with Crippen LogP contribution in [0.3, 0.4) is 0 Å². The lowest BCUT2D eigenvalue weighted by atomic mass is 9.86. The minimum Gasteiger partial charge on any atom is -0.356 e. The van der Waals surface area contributed by atoms with Crippen LogP contribution in [0.15, 0.2) is 18.2 Å². The van der Waals surface area contributed by atoms with Crippen LogP contribution in [0.25, 0.3) is 0 Å². The Bertz CT molecular complexity index is 673. The van der Waals surface area contributed by atoms with Crippen LogP contribution in [0.2, 0.25) is 0 Å². The third-order valence-electron chi connectivity index (χ3n) is 4.68. The van der Waals surface area contributed by atoms with E-state index >= 15 is 0 Å². The van der Waals surface area contributed by atoms with Gasteiger partial charge in [-0.1, -0.05) is 6.07 Å². The molecule has 0 N–H and O–H groups in total. The molecule has 2 aliphatic heterocycles. The van der Waals surface area contributed by atoms with Gasteiger partial charge < -0.3 is 9.80 Å². The Labute approximate surface area is 128 Å². The highest BCUT2D eigenvalue weighted by Gasteiger charge is 2.55. The first kappa shape index (κ1) is 14.3. The molecular weight excluding hydrogens is 282 g/mol. The van der Waals surface area contributed by atoms with Crippen molar-refractivity contribution in [1.82, 2.24) is 14.8 Å². The van der Waals surface area contributed by atoms with Crippen LogP contribution in [-0.4, -0.2) is 59.4 Å². The third-order valence-corrected chi connectivity index (χ3v) is 4.68. The third kappa shape index (κ3) is 1.91. The van der Waals surface area contributed by atoms with Gasteiger partial charge in [-0.3, -0.25) is 9.69 Å². The van der Waals surface area contributed by atoms with Crippen molar-refractivity contribution in [2.45, 2.75) is 18.4 Å². The Balaban J connectivity index is 1.79. The topological polar surface area (TPSA) is 80.5 Å². The highest BCUT2D eigenvalue weighted by molar-refractivity contribution is 6.06. The van der Waals surface area contributed by atoms with E-state index in [0.717, 1.165) is 5.82 Å². The van der Waals surface area contributed by atoms with Crippen molar-refractivity contribution < 1.29 is 9.59 Å². The van der Waals surface area contributed by atoms with E-state index < -0.39 is 5.54 Å². The van der Waals surface area contributed by atoms with Gasteiger partial charge in [-0.25, -0.2) is 9.78 Å². The molecule has 1 aromatic rings. The lowest BCUT2D eigenvalue weighted by Crippen LogP contribution is -2.55. The van der Waals surface area contributed by atoms with Crippen molar-refractivity contribution in [3.05, 3.63) is 23.9 Å². The van der Waals surface area contributed by atoms with Crippen LogP contribution >= 0.6 is 0 Å². The average Bonchev–Trinajstić information content (AvgIpc) is 2.72. The molecule has 114 valence electrons. The van der Waals surface area contributed by atoms with Gasteiger partial charge in [-0.15, -0.1) is 0 Å². The second kappa shape index (κ2) is 4.98. The molecule has 0 radical (unpaired) electrons. The Morgan fingerprint density at radius 1 is 1.23 bits per heavy atom. The first-order valence-electron chi connectivity index (χ1n) is 7.18. The van der Waals surface area contributed by atoms with Crippen molar-refractivity contribution in [1.29, 1.82) is 5.26 Å². The van der Waals surface area contributed by atoms with Crippen LogP contribution in [0.5, 0.6) is 0 Å². The second-order valence-electron chi connectivity index (χ2n) is 5.72. The molecule has 3 rings (SSSR count). The molecule has 0 aromatic carbocycles. The number of hydrogen-bond acceptors (Lipinski definition) is 5. The normalized spacial score (nSPS) is 20.7. The van der Waals surface area contributed by atoms with Crippen LogP contribution in [0, 0.1) is 11.3 Å². The summed E-state index contributed by atoms with van der Waals surface area (Å²) in [6, 6.07) is 7.10. The van der Waals surface area contributed by atoms with Gasteiger partial charge in [0.1, 0.15) is 23.1 Å². The standard InChI is InChI=1S/C15H17N5O2/c1-18-13(21)15(19(2)14(18)22)6-8-20(9-7-15)12-5-3-4-11(10-16)17-12/h3-5H,6-9H2,1-2H3. The maximum atomic E-state index is 12.4. The molecule has 0 bridgehead atoms. The molecule has 22 heavy (non-hydrogen) atoms. The highest BCUT2D eigenvalue weighted by Crippen LogP contribution is 2.36. The van der Waals surface area contributed by atoms with E-state index in [1.54, 1.807) is 24.1 Å². The summed E-state index contributed by atoms with van der Waals surface area (Å²) in [4.78, 5) is 33.5. The van der Waals surface area contributed by atoms with Gasteiger partial charge in [0.05, 0.1) is 0 Å². The molecule has 3 heterocycles. The van der Waals surface area contributed by atoms with Gasteiger partial charge in [0.15, 0.2) is 0 Å². The molecule has 7 nitrogen and oxygen atoms in total. The van der Waals surface area contributed by atoms with E-state index in [1.165, 1.54) is 11.9 Å². The number of nitriles is 1. The number of urea groups is 1. The molecule has 7 heteroatoms. The van der Waals surface area contributed by atoms with Crippen molar-refractivity contribution in [3.8, 4) is 6.07 Å². The molecule has 0 unspecified atom stereocenters. The van der Waals surface area contributed by atoms with Gasteiger partial charge >= 0.3 is 6.03 Å². The van der Waals surface area contributed by atoms with Crippen molar-refractivity contribution >= 4 is 17.8 Å². The highest BCUT2D eigenvalue weighted by atomic mass is 16.2. The average molecular weight is 299 g/mol. The number of nitrogens with zero attached hydrogens (tertiary/aromatic N) is 5. The summed E-state index contributed by atoms with van der Waals surface area (Å²) in [5.74, 6) is 0.611. The van der Waals surface area contributed by atoms with Crippen molar-refractivity contribution in [2.75, 3.05) is 32.1 Å². The lowest BCUT2D eigenvalue weighted by molar-refractivity contribution is -0.133. The Morgan fingerprint density at radius 3 is 2.45 bits per heavy atom. The van der Waals surface area contributed by atoms with E-state index in [1.807, 2.05) is 12.1 Å². The summed E-state index contributed by atoms with van der Waals surface area (Å²) in [6.07, 6.45) is 1.13. The molecule has 2 aliphatic rings. The first-order chi connectivity index (χ1) is 10.5. The molecule has 3 amide bonds. The zero-order valence-corrected chi connectivity index (χ0v) is 12.6. The summed E-state index contributed by atoms with van der Waals surface area (Å²) in [6.45, 7) is 1.25. The molecular formula is C15H17N5O2. The zero-order chi connectivity index (χ0) is 15.9. The minimum atomic E-state index is -0.727. The summed E-state index contributed by atoms with van der Waals surface area (Å²) < 4.78 is 0. The quantitative estimate of drug-likeness (QED) is 0.717. The number of imide groups is 1.